The summed E-state index contributed by atoms with van der Waals surface area (Å²) in [5.74, 6) is 0. The summed E-state index contributed by atoms with van der Waals surface area (Å²) in [6, 6.07) is 8.14. The molecule has 1 saturated carbocycles. The molecule has 2 N–H and O–H groups in total. The molecule has 0 spiro atoms. The van der Waals surface area contributed by atoms with Gasteiger partial charge in [0.05, 0.1) is 19.3 Å². The molecule has 0 heterocycles. The Morgan fingerprint density at radius 1 is 1.43 bits per heavy atom. The Labute approximate surface area is 132 Å². The lowest BCUT2D eigenvalue weighted by Crippen LogP contribution is -2.36. The minimum Gasteiger partial charge on any atom is -0.389 e. The van der Waals surface area contributed by atoms with Gasteiger partial charge in [0.15, 0.2) is 0 Å². The Morgan fingerprint density at radius 2 is 2.19 bits per heavy atom. The van der Waals surface area contributed by atoms with E-state index >= 15 is 0 Å². The summed E-state index contributed by atoms with van der Waals surface area (Å²) in [5.41, 5.74) is 1.39. The largest absolute Gasteiger partial charge is 0.389 e. The second kappa shape index (κ2) is 7.59. The third kappa shape index (κ3) is 5.59. The molecule has 0 aliphatic heterocycles. The topological polar surface area (TPSA) is 41.5 Å². The first-order valence-electron chi connectivity index (χ1n) is 7.69. The van der Waals surface area contributed by atoms with Crippen molar-refractivity contribution in [3.8, 4) is 0 Å². The molecule has 0 amide bonds. The highest BCUT2D eigenvalue weighted by Crippen LogP contribution is 2.36. The summed E-state index contributed by atoms with van der Waals surface area (Å²) >= 11 is 6.06. The van der Waals surface area contributed by atoms with Crippen LogP contribution >= 0.6 is 11.6 Å². The predicted molar refractivity (Wildman–Crippen MR) is 86.5 cm³/mol. The second-order valence-corrected chi connectivity index (χ2v) is 7.18. The number of rotatable bonds is 7. The van der Waals surface area contributed by atoms with Gasteiger partial charge >= 0.3 is 0 Å². The van der Waals surface area contributed by atoms with E-state index in [2.05, 4.69) is 19.2 Å². The zero-order valence-electron chi connectivity index (χ0n) is 12.9. The maximum atomic E-state index is 9.97. The first-order valence-corrected chi connectivity index (χ1v) is 8.07. The fourth-order valence-corrected chi connectivity index (χ4v) is 3.08. The number of halogens is 1. The van der Waals surface area contributed by atoms with E-state index in [0.717, 1.165) is 5.56 Å². The van der Waals surface area contributed by atoms with Crippen molar-refractivity contribution in [2.45, 2.75) is 51.9 Å². The van der Waals surface area contributed by atoms with Crippen LogP contribution in [0, 0.1) is 5.41 Å². The van der Waals surface area contributed by atoms with Gasteiger partial charge in [0, 0.05) is 17.6 Å². The van der Waals surface area contributed by atoms with Gasteiger partial charge in [-0.1, -0.05) is 43.6 Å². The first-order chi connectivity index (χ1) is 9.96. The minimum absolute atomic E-state index is 0.328. The average molecular weight is 312 g/mol. The zero-order valence-corrected chi connectivity index (χ0v) is 13.7. The second-order valence-electron chi connectivity index (χ2n) is 6.77. The molecule has 2 rings (SSSR count). The van der Waals surface area contributed by atoms with Crippen LogP contribution in [0.4, 0.5) is 0 Å². The zero-order chi connectivity index (χ0) is 15.3. The van der Waals surface area contributed by atoms with Crippen LogP contribution in [-0.4, -0.2) is 30.4 Å². The maximum Gasteiger partial charge on any atom is 0.0897 e. The van der Waals surface area contributed by atoms with E-state index in [4.69, 9.17) is 16.3 Å². The molecule has 0 saturated heterocycles. The van der Waals surface area contributed by atoms with Crippen LogP contribution in [0.3, 0.4) is 0 Å². The first kappa shape index (κ1) is 16.8. The summed E-state index contributed by atoms with van der Waals surface area (Å²) in [5, 5.41) is 14.1. The summed E-state index contributed by atoms with van der Waals surface area (Å²) in [6.45, 7) is 5.96. The lowest BCUT2D eigenvalue weighted by molar-refractivity contribution is 0.0276. The van der Waals surface area contributed by atoms with Crippen LogP contribution in [0.2, 0.25) is 5.02 Å². The molecule has 1 aromatic rings. The van der Waals surface area contributed by atoms with Crippen molar-refractivity contribution >= 4 is 11.6 Å². The molecule has 1 fully saturated rings. The fourth-order valence-electron chi connectivity index (χ4n) is 2.89. The highest BCUT2D eigenvalue weighted by atomic mass is 35.5. The van der Waals surface area contributed by atoms with Crippen molar-refractivity contribution in [1.82, 2.24) is 5.32 Å². The Balaban J connectivity index is 1.62. The predicted octanol–water partition coefficient (Wildman–Crippen LogP) is 3.39. The van der Waals surface area contributed by atoms with Crippen molar-refractivity contribution < 1.29 is 9.84 Å². The molecule has 1 aromatic carbocycles. The molecular weight excluding hydrogens is 286 g/mol. The molecule has 1 aliphatic rings. The van der Waals surface area contributed by atoms with Crippen LogP contribution in [-0.2, 0) is 11.3 Å². The van der Waals surface area contributed by atoms with Crippen LogP contribution in [0.5, 0.6) is 0 Å². The van der Waals surface area contributed by atoms with Gasteiger partial charge < -0.3 is 15.2 Å². The molecule has 2 unspecified atom stereocenters. The molecule has 118 valence electrons. The maximum absolute atomic E-state index is 9.97. The van der Waals surface area contributed by atoms with Gasteiger partial charge in [0.25, 0.3) is 0 Å². The number of aliphatic hydroxyl groups is 1. The number of benzene rings is 1. The fraction of sp³-hybridized carbons (Fsp3) is 0.647. The molecule has 4 heteroatoms. The van der Waals surface area contributed by atoms with E-state index in [-0.39, 0.29) is 0 Å². The summed E-state index contributed by atoms with van der Waals surface area (Å²) in [4.78, 5) is 0. The van der Waals surface area contributed by atoms with Crippen molar-refractivity contribution in [2.24, 2.45) is 5.41 Å². The van der Waals surface area contributed by atoms with Gasteiger partial charge in [0.1, 0.15) is 0 Å². The van der Waals surface area contributed by atoms with E-state index in [1.54, 1.807) is 0 Å². The van der Waals surface area contributed by atoms with Crippen molar-refractivity contribution in [2.75, 3.05) is 13.2 Å². The lowest BCUT2D eigenvalue weighted by Gasteiger charge is -2.19. The third-order valence-electron chi connectivity index (χ3n) is 4.14. The molecule has 0 radical (unpaired) electrons. The number of ether oxygens (including phenoxy) is 1. The third-order valence-corrected chi connectivity index (χ3v) is 4.51. The molecule has 0 bridgehead atoms. The molecule has 2 atom stereocenters. The Hall–Kier alpha value is -0.610. The highest BCUT2D eigenvalue weighted by molar-refractivity contribution is 6.31. The van der Waals surface area contributed by atoms with Gasteiger partial charge in [-0.15, -0.1) is 0 Å². The summed E-state index contributed by atoms with van der Waals surface area (Å²) in [7, 11) is 0. The molecular formula is C17H26ClNO2. The van der Waals surface area contributed by atoms with Crippen LogP contribution in [0.25, 0.3) is 0 Å². The molecule has 1 aliphatic carbocycles. The number of hydrogen-bond donors (Lipinski definition) is 2. The van der Waals surface area contributed by atoms with Gasteiger partial charge in [-0.2, -0.15) is 0 Å². The highest BCUT2D eigenvalue weighted by Gasteiger charge is 2.30. The summed E-state index contributed by atoms with van der Waals surface area (Å²) < 4.78 is 5.54. The van der Waals surface area contributed by atoms with Gasteiger partial charge in [0.2, 0.25) is 0 Å². The SMILES string of the molecule is CC1(C)CCC(NCC(O)COCc2ccccc2Cl)C1. The average Bonchev–Trinajstić information content (AvgIpc) is 2.78. The standard InChI is InChI=1S/C17H26ClNO2/c1-17(2)8-7-14(9-17)19-10-15(20)12-21-11-13-5-3-4-6-16(13)18/h3-6,14-15,19-20H,7-12H2,1-2H3. The monoisotopic (exact) mass is 311 g/mol. The van der Waals surface area contributed by atoms with Gasteiger partial charge in [-0.3, -0.25) is 0 Å². The molecule has 0 aromatic heterocycles. The molecule has 3 nitrogen and oxygen atoms in total. The minimum atomic E-state index is -0.476. The molecule has 21 heavy (non-hydrogen) atoms. The van der Waals surface area contributed by atoms with Crippen molar-refractivity contribution in [3.63, 3.8) is 0 Å². The van der Waals surface area contributed by atoms with Gasteiger partial charge in [-0.05, 0) is 36.3 Å². The van der Waals surface area contributed by atoms with E-state index in [1.807, 2.05) is 24.3 Å². The smallest absolute Gasteiger partial charge is 0.0897 e. The van der Waals surface area contributed by atoms with Crippen molar-refractivity contribution in [3.05, 3.63) is 34.9 Å². The Morgan fingerprint density at radius 3 is 2.86 bits per heavy atom. The normalized spacial score (nSPS) is 22.4. The number of hydrogen-bond acceptors (Lipinski definition) is 3. The van der Waals surface area contributed by atoms with Crippen LogP contribution in [0.1, 0.15) is 38.7 Å². The summed E-state index contributed by atoms with van der Waals surface area (Å²) in [6.07, 6.45) is 3.15. The number of aliphatic hydroxyl groups excluding tert-OH is 1. The lowest BCUT2D eigenvalue weighted by atomic mass is 9.92. The van der Waals surface area contributed by atoms with Crippen molar-refractivity contribution in [1.29, 1.82) is 0 Å². The van der Waals surface area contributed by atoms with E-state index in [0.29, 0.717) is 36.2 Å². The van der Waals surface area contributed by atoms with Gasteiger partial charge in [-0.25, -0.2) is 0 Å². The Kier molecular flexibility index (Phi) is 6.06. The van der Waals surface area contributed by atoms with Crippen LogP contribution < -0.4 is 5.32 Å². The number of nitrogens with one attached hydrogen (secondary N) is 1. The van der Waals surface area contributed by atoms with Crippen LogP contribution in [0.15, 0.2) is 24.3 Å². The van der Waals surface area contributed by atoms with E-state index < -0.39 is 6.10 Å². The Bertz CT molecular complexity index is 450. The quantitative estimate of drug-likeness (QED) is 0.811. The van der Waals surface area contributed by atoms with E-state index in [9.17, 15) is 5.11 Å². The van der Waals surface area contributed by atoms with E-state index in [1.165, 1.54) is 19.3 Å².